The summed E-state index contributed by atoms with van der Waals surface area (Å²) in [7, 11) is 0. The number of amides is 1. The van der Waals surface area contributed by atoms with Gasteiger partial charge in [0.15, 0.2) is 5.78 Å². The number of carbonyl (C=O) groups is 3. The van der Waals surface area contributed by atoms with Gasteiger partial charge in [-0.15, -0.1) is 0 Å². The summed E-state index contributed by atoms with van der Waals surface area (Å²) < 4.78 is 5.04. The summed E-state index contributed by atoms with van der Waals surface area (Å²) in [5.41, 5.74) is 1.94. The first-order valence-corrected chi connectivity index (χ1v) is 7.75. The van der Waals surface area contributed by atoms with E-state index in [9.17, 15) is 19.5 Å². The van der Waals surface area contributed by atoms with Crippen LogP contribution in [0, 0.1) is 0 Å². The van der Waals surface area contributed by atoms with Gasteiger partial charge in [0.1, 0.15) is 12.6 Å². The maximum atomic E-state index is 11.8. The van der Waals surface area contributed by atoms with Gasteiger partial charge in [0, 0.05) is 12.0 Å². The maximum absolute atomic E-state index is 11.8. The quantitative estimate of drug-likeness (QED) is 0.756. The molecule has 2 N–H and O–H groups in total. The molecule has 0 aliphatic rings. The average Bonchev–Trinajstić information content (AvgIpc) is 2.60. The van der Waals surface area contributed by atoms with Crippen molar-refractivity contribution in [3.63, 3.8) is 0 Å². The summed E-state index contributed by atoms with van der Waals surface area (Å²) in [5.74, 6) is -1.28. The van der Waals surface area contributed by atoms with Gasteiger partial charge in [-0.05, 0) is 24.1 Å². The third kappa shape index (κ3) is 5.76. The van der Waals surface area contributed by atoms with Gasteiger partial charge in [-0.25, -0.2) is 9.59 Å². The van der Waals surface area contributed by atoms with Gasteiger partial charge in [-0.2, -0.15) is 0 Å². The van der Waals surface area contributed by atoms with Crippen molar-refractivity contribution in [2.75, 3.05) is 0 Å². The molecular weight excluding hydrogens is 322 g/mol. The second-order valence-electron chi connectivity index (χ2n) is 5.56. The van der Waals surface area contributed by atoms with Crippen molar-refractivity contribution < 1.29 is 24.2 Å². The minimum atomic E-state index is -1.18. The summed E-state index contributed by atoms with van der Waals surface area (Å²) >= 11 is 0. The number of nitrogens with one attached hydrogen (secondary N) is 1. The van der Waals surface area contributed by atoms with Gasteiger partial charge in [0.25, 0.3) is 0 Å². The molecule has 6 nitrogen and oxygen atoms in total. The van der Waals surface area contributed by atoms with Crippen LogP contribution in [0.1, 0.15) is 28.4 Å². The Bertz CT molecular complexity index is 757. The third-order valence-electron chi connectivity index (χ3n) is 3.58. The van der Waals surface area contributed by atoms with E-state index in [1.54, 1.807) is 36.4 Å². The lowest BCUT2D eigenvalue weighted by Gasteiger charge is -2.15. The number of alkyl carbamates (subject to hydrolysis) is 1. The first kappa shape index (κ1) is 18.2. The van der Waals surface area contributed by atoms with E-state index in [-0.39, 0.29) is 18.8 Å². The van der Waals surface area contributed by atoms with Crippen LogP contribution in [0.2, 0.25) is 0 Å². The van der Waals surface area contributed by atoms with Gasteiger partial charge in [-0.3, -0.25) is 4.79 Å². The van der Waals surface area contributed by atoms with Crippen molar-refractivity contribution in [2.45, 2.75) is 26.0 Å². The Morgan fingerprint density at radius 3 is 2.36 bits per heavy atom. The predicted octanol–water partition coefficient (Wildman–Crippen LogP) is 2.81. The van der Waals surface area contributed by atoms with E-state index in [2.05, 4.69) is 5.32 Å². The number of ether oxygens (including phenoxy) is 1. The van der Waals surface area contributed by atoms with E-state index in [1.165, 1.54) is 6.92 Å². The van der Waals surface area contributed by atoms with Crippen molar-refractivity contribution >= 4 is 17.8 Å². The summed E-state index contributed by atoms with van der Waals surface area (Å²) in [6.45, 7) is 1.49. The van der Waals surface area contributed by atoms with Crippen molar-refractivity contribution in [1.29, 1.82) is 0 Å². The Labute approximate surface area is 145 Å². The highest BCUT2D eigenvalue weighted by Crippen LogP contribution is 2.09. The minimum Gasteiger partial charge on any atom is -0.480 e. The highest BCUT2D eigenvalue weighted by Gasteiger charge is 2.21. The molecule has 2 rings (SSSR count). The lowest BCUT2D eigenvalue weighted by Crippen LogP contribution is -2.42. The number of hydrogen-bond acceptors (Lipinski definition) is 4. The number of ketones is 1. The molecule has 0 radical (unpaired) electrons. The molecule has 0 fully saturated rings. The number of Topliss-reactive ketones (excluding diaryl/α,β-unsaturated/α-hetero) is 1. The van der Waals surface area contributed by atoms with Crippen molar-refractivity contribution in [3.8, 4) is 0 Å². The zero-order valence-corrected chi connectivity index (χ0v) is 13.8. The highest BCUT2D eigenvalue weighted by atomic mass is 16.5. The summed E-state index contributed by atoms with van der Waals surface area (Å²) in [6, 6.07) is 14.6. The number of benzene rings is 2. The third-order valence-corrected chi connectivity index (χ3v) is 3.58. The van der Waals surface area contributed by atoms with Gasteiger partial charge >= 0.3 is 12.1 Å². The number of aliphatic carboxylic acids is 1. The molecule has 2 aromatic carbocycles. The number of carbonyl (C=O) groups excluding carboxylic acids is 2. The summed E-state index contributed by atoms with van der Waals surface area (Å²) in [4.78, 5) is 34.6. The molecule has 0 spiro atoms. The standard InChI is InChI=1S/C19H19NO5/c1-13(21)16-9-5-8-15(10-16)11-17(18(22)23)20-19(24)25-12-14-6-3-2-4-7-14/h2-10,17H,11-12H2,1H3,(H,20,24)(H,22,23)/t17-/m0/s1. The SMILES string of the molecule is CC(=O)c1cccc(C[C@H](NC(=O)OCc2ccccc2)C(=O)O)c1. The van der Waals surface area contributed by atoms with Gasteiger partial charge in [-0.1, -0.05) is 48.5 Å². The Morgan fingerprint density at radius 1 is 1.04 bits per heavy atom. The summed E-state index contributed by atoms with van der Waals surface area (Å²) in [5, 5.41) is 11.6. The normalized spacial score (nSPS) is 11.4. The second kappa shape index (κ2) is 8.63. The van der Waals surface area contributed by atoms with Crippen molar-refractivity contribution in [1.82, 2.24) is 5.32 Å². The van der Waals surface area contributed by atoms with Crippen LogP contribution in [0.3, 0.4) is 0 Å². The van der Waals surface area contributed by atoms with Crippen LogP contribution in [-0.4, -0.2) is 29.0 Å². The monoisotopic (exact) mass is 341 g/mol. The van der Waals surface area contributed by atoms with Crippen LogP contribution in [-0.2, 0) is 22.6 Å². The zero-order chi connectivity index (χ0) is 18.2. The van der Waals surface area contributed by atoms with E-state index in [1.807, 2.05) is 18.2 Å². The lowest BCUT2D eigenvalue weighted by molar-refractivity contribution is -0.139. The average molecular weight is 341 g/mol. The number of rotatable bonds is 7. The van der Waals surface area contributed by atoms with Crippen LogP contribution in [0.4, 0.5) is 4.79 Å². The highest BCUT2D eigenvalue weighted by molar-refractivity contribution is 5.94. The van der Waals surface area contributed by atoms with E-state index in [0.29, 0.717) is 11.1 Å². The molecule has 0 aliphatic carbocycles. The molecule has 25 heavy (non-hydrogen) atoms. The fourth-order valence-corrected chi connectivity index (χ4v) is 2.26. The van der Waals surface area contributed by atoms with E-state index in [4.69, 9.17) is 4.74 Å². The fraction of sp³-hybridized carbons (Fsp3) is 0.211. The molecule has 0 saturated carbocycles. The Hall–Kier alpha value is -3.15. The molecule has 1 atom stereocenters. The smallest absolute Gasteiger partial charge is 0.408 e. The first-order valence-electron chi connectivity index (χ1n) is 7.75. The Balaban J connectivity index is 1.96. The topological polar surface area (TPSA) is 92.7 Å². The molecule has 0 heterocycles. The van der Waals surface area contributed by atoms with Crippen molar-refractivity contribution in [2.24, 2.45) is 0 Å². The Kier molecular flexibility index (Phi) is 6.28. The molecule has 2 aromatic rings. The van der Waals surface area contributed by atoms with Gasteiger partial charge in [0.2, 0.25) is 0 Å². The number of carboxylic acid groups (broad SMARTS) is 1. The molecule has 0 saturated heterocycles. The van der Waals surface area contributed by atoms with Gasteiger partial charge < -0.3 is 15.2 Å². The molecule has 6 heteroatoms. The predicted molar refractivity (Wildman–Crippen MR) is 91.3 cm³/mol. The maximum Gasteiger partial charge on any atom is 0.408 e. The molecule has 0 aliphatic heterocycles. The van der Waals surface area contributed by atoms with Crippen LogP contribution in [0.25, 0.3) is 0 Å². The molecule has 0 aromatic heterocycles. The van der Waals surface area contributed by atoms with Crippen LogP contribution < -0.4 is 5.32 Å². The van der Waals surface area contributed by atoms with E-state index >= 15 is 0 Å². The Morgan fingerprint density at radius 2 is 1.72 bits per heavy atom. The molecular formula is C19H19NO5. The molecule has 1 amide bonds. The fourth-order valence-electron chi connectivity index (χ4n) is 2.26. The van der Waals surface area contributed by atoms with E-state index < -0.39 is 18.1 Å². The van der Waals surface area contributed by atoms with E-state index in [0.717, 1.165) is 5.56 Å². The minimum absolute atomic E-state index is 0.0525. The molecule has 0 unspecified atom stereocenters. The van der Waals surface area contributed by atoms with Gasteiger partial charge in [0.05, 0.1) is 0 Å². The van der Waals surface area contributed by atoms with Crippen LogP contribution in [0.15, 0.2) is 54.6 Å². The largest absolute Gasteiger partial charge is 0.480 e. The van der Waals surface area contributed by atoms with Crippen LogP contribution in [0.5, 0.6) is 0 Å². The zero-order valence-electron chi connectivity index (χ0n) is 13.8. The van der Waals surface area contributed by atoms with Crippen LogP contribution >= 0.6 is 0 Å². The first-order chi connectivity index (χ1) is 12.0. The molecule has 0 bridgehead atoms. The molecule has 130 valence electrons. The summed E-state index contributed by atoms with van der Waals surface area (Å²) in [6.07, 6.45) is -0.754. The van der Waals surface area contributed by atoms with Crippen molar-refractivity contribution in [3.05, 3.63) is 71.3 Å². The lowest BCUT2D eigenvalue weighted by atomic mass is 10.0. The second-order valence-corrected chi connectivity index (χ2v) is 5.56. The number of hydrogen-bond donors (Lipinski definition) is 2. The number of carboxylic acids is 1.